The second-order valence-electron chi connectivity index (χ2n) is 9.21. The van der Waals surface area contributed by atoms with Gasteiger partial charge in [-0.25, -0.2) is 0 Å². The summed E-state index contributed by atoms with van der Waals surface area (Å²) in [5.74, 6) is 0.272. The highest BCUT2D eigenvalue weighted by atomic mass is 16.2. The van der Waals surface area contributed by atoms with Gasteiger partial charge in [-0.1, -0.05) is 26.8 Å². The van der Waals surface area contributed by atoms with Crippen molar-refractivity contribution in [2.45, 2.75) is 52.9 Å². The predicted octanol–water partition coefficient (Wildman–Crippen LogP) is 3.26. The molecule has 4 aliphatic carbocycles. The minimum absolute atomic E-state index is 0.0208. The molecule has 0 aromatic rings. The standard InChI is InChI=1S/C21H25NO3/c1-11-8-13-14-4-5-16(23)20(14,2)7-6-15(13)21(3)9-12(10-22)18(24)19(25)17(11)21/h9,11,13-15,17H,4-8H2,1-3H3/t11?,13-,14-,15-,17?,20-,21+/m0/s1. The molecule has 132 valence electrons. The van der Waals surface area contributed by atoms with Gasteiger partial charge in [-0.3, -0.25) is 14.4 Å². The van der Waals surface area contributed by atoms with Crippen molar-refractivity contribution in [2.24, 2.45) is 40.4 Å². The highest BCUT2D eigenvalue weighted by molar-refractivity contribution is 6.46. The molecule has 4 rings (SSSR count). The number of hydrogen-bond donors (Lipinski definition) is 0. The lowest BCUT2D eigenvalue weighted by Gasteiger charge is -2.59. The Morgan fingerprint density at radius 3 is 2.56 bits per heavy atom. The minimum Gasteiger partial charge on any atom is -0.299 e. The fourth-order valence-electron chi connectivity index (χ4n) is 7.04. The molecule has 0 N–H and O–H groups in total. The van der Waals surface area contributed by atoms with E-state index in [4.69, 9.17) is 0 Å². The molecular weight excluding hydrogens is 314 g/mol. The number of fused-ring (bicyclic) bond motifs is 5. The Balaban J connectivity index is 1.81. The van der Waals surface area contributed by atoms with Gasteiger partial charge in [0.2, 0.25) is 11.6 Å². The van der Waals surface area contributed by atoms with E-state index in [-0.39, 0.29) is 34.5 Å². The number of ketones is 3. The second-order valence-corrected chi connectivity index (χ2v) is 9.21. The lowest BCUT2D eigenvalue weighted by molar-refractivity contribution is -0.153. The smallest absolute Gasteiger partial charge is 0.239 e. The van der Waals surface area contributed by atoms with Crippen molar-refractivity contribution in [3.05, 3.63) is 11.6 Å². The van der Waals surface area contributed by atoms with Gasteiger partial charge in [-0.05, 0) is 49.4 Å². The van der Waals surface area contributed by atoms with E-state index >= 15 is 0 Å². The average molecular weight is 339 g/mol. The summed E-state index contributed by atoms with van der Waals surface area (Å²) in [7, 11) is 0. The molecule has 2 unspecified atom stereocenters. The van der Waals surface area contributed by atoms with E-state index in [1.165, 1.54) is 0 Å². The minimum atomic E-state index is -0.605. The third-order valence-corrected chi connectivity index (χ3v) is 8.15. The molecule has 25 heavy (non-hydrogen) atoms. The summed E-state index contributed by atoms with van der Waals surface area (Å²) in [4.78, 5) is 37.5. The van der Waals surface area contributed by atoms with E-state index in [1.54, 1.807) is 0 Å². The number of carbonyl (C=O) groups is 3. The van der Waals surface area contributed by atoms with Gasteiger partial charge in [-0.15, -0.1) is 0 Å². The fourth-order valence-corrected chi connectivity index (χ4v) is 7.04. The quantitative estimate of drug-likeness (QED) is 0.635. The molecule has 4 aliphatic rings. The zero-order valence-electron chi connectivity index (χ0n) is 15.2. The number of allylic oxidation sites excluding steroid dienone is 2. The van der Waals surface area contributed by atoms with Crippen LogP contribution in [-0.4, -0.2) is 17.3 Å². The zero-order chi connectivity index (χ0) is 18.1. The molecule has 0 spiro atoms. The largest absolute Gasteiger partial charge is 0.299 e. The Hall–Kier alpha value is -1.76. The van der Waals surface area contributed by atoms with Crippen LogP contribution in [0.3, 0.4) is 0 Å². The Bertz CT molecular complexity index is 760. The summed E-state index contributed by atoms with van der Waals surface area (Å²) in [6.45, 7) is 6.28. The molecule has 0 aromatic heterocycles. The maximum atomic E-state index is 12.8. The van der Waals surface area contributed by atoms with Crippen LogP contribution in [0.1, 0.15) is 52.9 Å². The van der Waals surface area contributed by atoms with Crippen molar-refractivity contribution in [2.75, 3.05) is 0 Å². The highest BCUT2D eigenvalue weighted by Crippen LogP contribution is 2.65. The fraction of sp³-hybridized carbons (Fsp3) is 0.714. The van der Waals surface area contributed by atoms with E-state index in [2.05, 4.69) is 20.8 Å². The molecule has 0 bridgehead atoms. The third-order valence-electron chi connectivity index (χ3n) is 8.15. The van der Waals surface area contributed by atoms with E-state index in [0.29, 0.717) is 24.0 Å². The normalized spacial score (nSPS) is 49.0. The highest BCUT2D eigenvalue weighted by Gasteiger charge is 2.63. The van der Waals surface area contributed by atoms with Gasteiger partial charge in [0.15, 0.2) is 0 Å². The Morgan fingerprint density at radius 1 is 1.16 bits per heavy atom. The monoisotopic (exact) mass is 339 g/mol. The second kappa shape index (κ2) is 5.13. The van der Waals surface area contributed by atoms with E-state index in [9.17, 15) is 19.6 Å². The lowest BCUT2D eigenvalue weighted by atomic mass is 9.44. The van der Waals surface area contributed by atoms with Crippen molar-refractivity contribution >= 4 is 17.3 Å². The van der Waals surface area contributed by atoms with Crippen LogP contribution in [0, 0.1) is 51.8 Å². The van der Waals surface area contributed by atoms with Gasteiger partial charge in [0.1, 0.15) is 11.9 Å². The molecule has 3 fully saturated rings. The predicted molar refractivity (Wildman–Crippen MR) is 91.1 cm³/mol. The van der Waals surface area contributed by atoms with Crippen molar-refractivity contribution in [3.8, 4) is 6.07 Å². The molecule has 3 saturated carbocycles. The van der Waals surface area contributed by atoms with E-state index in [0.717, 1.165) is 25.7 Å². The molecule has 0 amide bonds. The number of nitriles is 1. The zero-order valence-corrected chi connectivity index (χ0v) is 15.2. The molecule has 0 aromatic carbocycles. The first-order valence-electron chi connectivity index (χ1n) is 9.49. The molecule has 0 aliphatic heterocycles. The average Bonchev–Trinajstić information content (AvgIpc) is 2.86. The molecule has 0 radical (unpaired) electrons. The number of rotatable bonds is 0. The van der Waals surface area contributed by atoms with Gasteiger partial charge < -0.3 is 0 Å². The van der Waals surface area contributed by atoms with Crippen molar-refractivity contribution in [1.82, 2.24) is 0 Å². The Kier molecular flexibility index (Phi) is 3.42. The summed E-state index contributed by atoms with van der Waals surface area (Å²) in [5.41, 5.74) is -0.626. The summed E-state index contributed by atoms with van der Waals surface area (Å²) in [6, 6.07) is 1.95. The molecule has 7 atom stereocenters. The molecule has 4 nitrogen and oxygen atoms in total. The first-order chi connectivity index (χ1) is 11.7. The van der Waals surface area contributed by atoms with Crippen LogP contribution in [0.15, 0.2) is 11.6 Å². The maximum absolute atomic E-state index is 12.8. The van der Waals surface area contributed by atoms with Gasteiger partial charge >= 0.3 is 0 Å². The summed E-state index contributed by atoms with van der Waals surface area (Å²) < 4.78 is 0. The van der Waals surface area contributed by atoms with Gasteiger partial charge in [-0.2, -0.15) is 5.26 Å². The van der Waals surface area contributed by atoms with E-state index in [1.807, 2.05) is 12.1 Å². The first kappa shape index (κ1) is 16.7. The number of carbonyl (C=O) groups excluding carboxylic acids is 3. The molecule has 0 saturated heterocycles. The van der Waals surface area contributed by atoms with Crippen LogP contribution in [0.5, 0.6) is 0 Å². The summed E-state index contributed by atoms with van der Waals surface area (Å²) in [6.07, 6.45) is 6.12. The number of nitrogens with zero attached hydrogens (tertiary/aromatic N) is 1. The van der Waals surface area contributed by atoms with Crippen molar-refractivity contribution in [3.63, 3.8) is 0 Å². The van der Waals surface area contributed by atoms with Crippen LogP contribution in [0.2, 0.25) is 0 Å². The van der Waals surface area contributed by atoms with Crippen LogP contribution in [0.4, 0.5) is 0 Å². The number of Topliss-reactive ketones (excluding diaryl/α,β-unsaturated/α-hetero) is 3. The SMILES string of the molecule is CC1C[C@@H]2[C@H](CC[C@]3(C)C(=O)CC[C@@H]23)[C@@]2(C)C=C(C#N)C(=O)C(=O)C12. The molecule has 0 heterocycles. The summed E-state index contributed by atoms with van der Waals surface area (Å²) >= 11 is 0. The van der Waals surface area contributed by atoms with Crippen molar-refractivity contribution < 1.29 is 14.4 Å². The Labute approximate surface area is 148 Å². The molecule has 4 heteroatoms. The van der Waals surface area contributed by atoms with E-state index < -0.39 is 11.2 Å². The van der Waals surface area contributed by atoms with Crippen LogP contribution >= 0.6 is 0 Å². The lowest BCUT2D eigenvalue weighted by Crippen LogP contribution is -2.57. The summed E-state index contributed by atoms with van der Waals surface area (Å²) in [5, 5.41) is 9.34. The Morgan fingerprint density at radius 2 is 1.88 bits per heavy atom. The van der Waals surface area contributed by atoms with Crippen LogP contribution in [-0.2, 0) is 14.4 Å². The first-order valence-corrected chi connectivity index (χ1v) is 9.49. The van der Waals surface area contributed by atoms with Crippen molar-refractivity contribution in [1.29, 1.82) is 5.26 Å². The maximum Gasteiger partial charge on any atom is 0.239 e. The van der Waals surface area contributed by atoms with Crippen LogP contribution < -0.4 is 0 Å². The van der Waals surface area contributed by atoms with Gasteiger partial charge in [0, 0.05) is 23.2 Å². The number of hydrogen-bond acceptors (Lipinski definition) is 4. The topological polar surface area (TPSA) is 75.0 Å². The molecular formula is C21H25NO3. The van der Waals surface area contributed by atoms with Crippen LogP contribution in [0.25, 0.3) is 0 Å². The van der Waals surface area contributed by atoms with Gasteiger partial charge in [0.25, 0.3) is 0 Å². The third kappa shape index (κ3) is 1.96. The van der Waals surface area contributed by atoms with Gasteiger partial charge in [0.05, 0.1) is 5.57 Å².